The van der Waals surface area contributed by atoms with E-state index in [0.29, 0.717) is 54.0 Å². The number of carboxylic acid groups (broad SMARTS) is 1. The molecule has 226 valence electrons. The van der Waals surface area contributed by atoms with Crippen LogP contribution in [0.1, 0.15) is 72.2 Å². The average molecular weight is 631 g/mol. The van der Waals surface area contributed by atoms with Gasteiger partial charge >= 0.3 is 11.9 Å². The third-order valence-electron chi connectivity index (χ3n) is 7.38. The minimum Gasteiger partial charge on any atom is -0.476 e. The van der Waals surface area contributed by atoms with E-state index >= 15 is 0 Å². The maximum absolute atomic E-state index is 14.6. The number of esters is 1. The van der Waals surface area contributed by atoms with Gasteiger partial charge in [-0.25, -0.2) is 33.3 Å². The maximum atomic E-state index is 14.6. The summed E-state index contributed by atoms with van der Waals surface area (Å²) in [5, 5.41) is 14.9. The summed E-state index contributed by atoms with van der Waals surface area (Å²) in [4.78, 5) is 45.1. The van der Waals surface area contributed by atoms with Gasteiger partial charge in [-0.3, -0.25) is 4.99 Å². The number of anilines is 1. The Kier molecular flexibility index (Phi) is 9.02. The van der Waals surface area contributed by atoms with Gasteiger partial charge in [0.05, 0.1) is 17.2 Å². The first-order valence-electron chi connectivity index (χ1n) is 13.7. The van der Waals surface area contributed by atoms with Crippen molar-refractivity contribution in [3.63, 3.8) is 0 Å². The largest absolute Gasteiger partial charge is 0.476 e. The van der Waals surface area contributed by atoms with Crippen molar-refractivity contribution < 1.29 is 28.2 Å². The Hall–Kier alpha value is -3.97. The normalized spacial score (nSPS) is 17.6. The highest BCUT2D eigenvalue weighted by atomic mass is 35.5. The molecule has 0 bridgehead atoms. The van der Waals surface area contributed by atoms with Gasteiger partial charge in [-0.1, -0.05) is 31.5 Å². The molecule has 3 aromatic rings. The van der Waals surface area contributed by atoms with Gasteiger partial charge in [-0.15, -0.1) is 11.3 Å². The van der Waals surface area contributed by atoms with E-state index in [4.69, 9.17) is 21.3 Å². The van der Waals surface area contributed by atoms with E-state index < -0.39 is 34.6 Å². The number of hydrogen-bond acceptors (Lipinski definition) is 10. The molecule has 14 heteroatoms. The van der Waals surface area contributed by atoms with Crippen LogP contribution in [0.2, 0.25) is 5.02 Å². The predicted molar refractivity (Wildman–Crippen MR) is 158 cm³/mol. The monoisotopic (exact) mass is 630 g/mol. The molecule has 0 saturated carbocycles. The number of carbonyl (C=O) groups is 2. The number of carbonyl (C=O) groups excluding carboxylic acids is 1. The van der Waals surface area contributed by atoms with Crippen molar-refractivity contribution in [3.8, 4) is 0 Å². The SMILES string of the molecule is CCOC(=O)C1=C(C2CCN(c3ncc(C(C)C)c(C(=O)O)n3)CC2)NC(c2nccs2)=NC1c1ccc(F)c(F)c1Cl. The summed E-state index contributed by atoms with van der Waals surface area (Å²) in [6.07, 6.45) is 4.24. The number of carboxylic acids is 1. The van der Waals surface area contributed by atoms with Crippen LogP contribution >= 0.6 is 22.9 Å². The molecule has 43 heavy (non-hydrogen) atoms. The quantitative estimate of drug-likeness (QED) is 0.244. The number of rotatable bonds is 8. The first-order chi connectivity index (χ1) is 20.6. The zero-order valence-corrected chi connectivity index (χ0v) is 25.2. The summed E-state index contributed by atoms with van der Waals surface area (Å²) in [5.41, 5.74) is 1.33. The zero-order valence-electron chi connectivity index (χ0n) is 23.6. The number of aromatic nitrogens is 3. The van der Waals surface area contributed by atoms with Crippen molar-refractivity contribution in [1.82, 2.24) is 20.3 Å². The highest BCUT2D eigenvalue weighted by molar-refractivity contribution is 7.11. The summed E-state index contributed by atoms with van der Waals surface area (Å²) < 4.78 is 34.1. The molecule has 1 unspecified atom stereocenters. The van der Waals surface area contributed by atoms with Gasteiger partial charge in [0.2, 0.25) is 5.95 Å². The van der Waals surface area contributed by atoms with Crippen molar-refractivity contribution in [3.05, 3.63) is 79.7 Å². The Morgan fingerprint density at radius 1 is 1.23 bits per heavy atom. The third-order valence-corrected chi connectivity index (χ3v) is 8.54. The molecule has 2 aliphatic rings. The second kappa shape index (κ2) is 12.7. The summed E-state index contributed by atoms with van der Waals surface area (Å²) in [7, 11) is 0. The lowest BCUT2D eigenvalue weighted by Crippen LogP contribution is -2.42. The second-order valence-electron chi connectivity index (χ2n) is 10.4. The van der Waals surface area contributed by atoms with Crippen LogP contribution in [-0.4, -0.2) is 57.5 Å². The molecule has 0 aliphatic carbocycles. The fourth-order valence-electron chi connectivity index (χ4n) is 5.24. The van der Waals surface area contributed by atoms with Crippen molar-refractivity contribution in [2.45, 2.75) is 45.6 Å². The predicted octanol–water partition coefficient (Wildman–Crippen LogP) is 5.51. The molecule has 1 saturated heterocycles. The minimum absolute atomic E-state index is 0.0288. The fraction of sp³-hybridized carbons (Fsp3) is 0.379. The molecule has 0 spiro atoms. The van der Waals surface area contributed by atoms with Crippen LogP contribution in [0.5, 0.6) is 0 Å². The van der Waals surface area contributed by atoms with E-state index in [9.17, 15) is 23.5 Å². The van der Waals surface area contributed by atoms with Gasteiger partial charge in [0, 0.05) is 53.6 Å². The molecule has 2 N–H and O–H groups in total. The van der Waals surface area contributed by atoms with Gasteiger partial charge in [-0.2, -0.15) is 0 Å². The van der Waals surface area contributed by atoms with Crippen molar-refractivity contribution in [2.24, 2.45) is 10.9 Å². The Morgan fingerprint density at radius 2 is 1.98 bits per heavy atom. The molecule has 2 aromatic heterocycles. The second-order valence-corrected chi connectivity index (χ2v) is 11.6. The third kappa shape index (κ3) is 6.09. The first-order valence-corrected chi connectivity index (χ1v) is 15.0. The number of allylic oxidation sites excluding steroid dienone is 1. The van der Waals surface area contributed by atoms with E-state index in [2.05, 4.69) is 20.3 Å². The van der Waals surface area contributed by atoms with E-state index in [1.165, 1.54) is 17.4 Å². The van der Waals surface area contributed by atoms with Crippen LogP contribution in [0.3, 0.4) is 0 Å². The number of aliphatic imine (C=N–C) groups is 1. The highest BCUT2D eigenvalue weighted by Gasteiger charge is 2.38. The van der Waals surface area contributed by atoms with Crippen molar-refractivity contribution >= 4 is 46.7 Å². The van der Waals surface area contributed by atoms with E-state index in [1.54, 1.807) is 24.7 Å². The summed E-state index contributed by atoms with van der Waals surface area (Å²) >= 11 is 7.61. The number of hydrogen-bond donors (Lipinski definition) is 2. The molecule has 1 aromatic carbocycles. The fourth-order valence-corrected chi connectivity index (χ4v) is 6.09. The number of benzene rings is 1. The van der Waals surface area contributed by atoms with E-state index in [-0.39, 0.29) is 35.3 Å². The Bertz CT molecular complexity index is 1610. The molecule has 5 rings (SSSR count). The lowest BCUT2D eigenvalue weighted by atomic mass is 9.85. The first kappa shape index (κ1) is 30.5. The molecule has 1 fully saturated rings. The number of amidine groups is 1. The molecule has 0 radical (unpaired) electrons. The minimum atomic E-state index is -1.23. The van der Waals surface area contributed by atoms with E-state index in [1.807, 2.05) is 18.7 Å². The number of nitrogens with zero attached hydrogens (tertiary/aromatic N) is 5. The molecular formula is C29H29ClF2N6O4S. The summed E-state index contributed by atoms with van der Waals surface area (Å²) in [6.45, 7) is 6.45. The highest BCUT2D eigenvalue weighted by Crippen LogP contribution is 2.41. The van der Waals surface area contributed by atoms with Gasteiger partial charge in [0.25, 0.3) is 0 Å². The van der Waals surface area contributed by atoms with Crippen molar-refractivity contribution in [2.75, 3.05) is 24.6 Å². The van der Waals surface area contributed by atoms with Crippen molar-refractivity contribution in [1.29, 1.82) is 0 Å². The number of ether oxygens (including phenoxy) is 1. The average Bonchev–Trinajstić information content (AvgIpc) is 3.54. The number of thiazole rings is 1. The lowest BCUT2D eigenvalue weighted by Gasteiger charge is -2.36. The summed E-state index contributed by atoms with van der Waals surface area (Å²) in [5.74, 6) is -3.70. The Labute approximate surface area is 255 Å². The van der Waals surface area contributed by atoms with Crippen LogP contribution in [-0.2, 0) is 9.53 Å². The number of nitrogens with one attached hydrogen (secondary N) is 1. The van der Waals surface area contributed by atoms with Gasteiger partial charge in [0.1, 0.15) is 6.04 Å². The molecule has 0 amide bonds. The maximum Gasteiger partial charge on any atom is 0.354 e. The van der Waals surface area contributed by atoms with Gasteiger partial charge in [0.15, 0.2) is 28.2 Å². The molecule has 2 aliphatic heterocycles. The standard InChI is InChI=1S/C29H29ClF2N6O4S/c1-4-42-28(41)19-22(15-7-10-38(11-8-15)29-34-13-17(14(2)3)24(37-29)27(39)40)35-25(26-33-9-12-43-26)36-23(19)16-5-6-18(31)21(32)20(16)30/h5-6,9,12-15,23H,4,7-8,10-11H2,1-3H3,(H,35,36)(H,39,40). The van der Waals surface area contributed by atoms with Crippen LogP contribution in [0.15, 0.2) is 46.2 Å². The van der Waals surface area contributed by atoms with Crippen LogP contribution in [0.25, 0.3) is 0 Å². The number of aromatic carboxylic acids is 1. The van der Waals surface area contributed by atoms with E-state index in [0.717, 1.165) is 6.07 Å². The smallest absolute Gasteiger partial charge is 0.354 e. The van der Waals surface area contributed by atoms with Crippen LogP contribution < -0.4 is 10.2 Å². The molecule has 4 heterocycles. The van der Waals surface area contributed by atoms with Gasteiger partial charge in [-0.05, 0) is 31.7 Å². The molecule has 10 nitrogen and oxygen atoms in total. The van der Waals surface area contributed by atoms with Crippen LogP contribution in [0.4, 0.5) is 14.7 Å². The summed E-state index contributed by atoms with van der Waals surface area (Å²) in [6, 6.07) is 1.19. The Balaban J connectivity index is 1.52. The topological polar surface area (TPSA) is 130 Å². The lowest BCUT2D eigenvalue weighted by molar-refractivity contribution is -0.139. The zero-order chi connectivity index (χ0) is 30.8. The molecular weight excluding hydrogens is 602 g/mol. The van der Waals surface area contributed by atoms with Crippen LogP contribution in [0, 0.1) is 17.6 Å². The number of piperidine rings is 1. The molecule has 1 atom stereocenters. The Morgan fingerprint density at radius 3 is 2.60 bits per heavy atom. The van der Waals surface area contributed by atoms with Gasteiger partial charge < -0.3 is 20.1 Å². The number of halogens is 3.